The van der Waals surface area contributed by atoms with Crippen LogP contribution in [0.25, 0.3) is 0 Å². The van der Waals surface area contributed by atoms with Gasteiger partial charge in [0.2, 0.25) is 22.1 Å². The van der Waals surface area contributed by atoms with E-state index in [1.54, 1.807) is 32.5 Å². The molecule has 0 saturated heterocycles. The van der Waals surface area contributed by atoms with Crippen LogP contribution in [0.5, 0.6) is 0 Å². The number of hydrogen-bond donors (Lipinski definition) is 3. The number of nitrogens with zero attached hydrogens (tertiary/aromatic N) is 4. The van der Waals surface area contributed by atoms with Crippen molar-refractivity contribution in [1.82, 2.24) is 25.7 Å². The van der Waals surface area contributed by atoms with Crippen molar-refractivity contribution in [2.75, 3.05) is 22.1 Å². The van der Waals surface area contributed by atoms with Crippen LogP contribution in [0.15, 0.2) is 0 Å². The number of nitrogens with one attached hydrogen (secondary N) is 3. The maximum Gasteiger partial charge on any atom is 0.408 e. The molecule has 14 heteroatoms. The van der Waals surface area contributed by atoms with Crippen LogP contribution in [0.4, 0.5) is 15.1 Å². The summed E-state index contributed by atoms with van der Waals surface area (Å²) in [5.74, 6) is 1.45. The Labute approximate surface area is 230 Å². The Kier molecular flexibility index (Phi) is 12.2. The molecule has 3 amide bonds. The molecule has 2 aromatic heterocycles. The zero-order chi connectivity index (χ0) is 27.6. The first-order valence-electron chi connectivity index (χ1n) is 12.1. The number of thioether (sulfide) groups is 1. The molecule has 0 bridgehead atoms. The Morgan fingerprint density at radius 1 is 0.892 bits per heavy atom. The predicted molar refractivity (Wildman–Crippen MR) is 149 cm³/mol. The van der Waals surface area contributed by atoms with Crippen LogP contribution in [0.3, 0.4) is 0 Å². The summed E-state index contributed by atoms with van der Waals surface area (Å²) < 4.78 is 5.26. The fraction of sp³-hybridized carbons (Fsp3) is 0.696. The largest absolute Gasteiger partial charge is 0.444 e. The first-order valence-corrected chi connectivity index (χ1v) is 14.9. The number of rotatable bonds is 13. The molecule has 0 aliphatic carbocycles. The number of carbonyl (C=O) groups is 3. The Morgan fingerprint density at radius 3 is 1.92 bits per heavy atom. The van der Waals surface area contributed by atoms with Gasteiger partial charge in [-0.25, -0.2) is 4.79 Å². The van der Waals surface area contributed by atoms with E-state index in [2.05, 4.69) is 36.3 Å². The lowest BCUT2D eigenvalue weighted by molar-refractivity contribution is -0.119. The minimum Gasteiger partial charge on any atom is -0.444 e. The van der Waals surface area contributed by atoms with E-state index in [0.29, 0.717) is 29.0 Å². The Balaban J connectivity index is 1.73. The highest BCUT2D eigenvalue weighted by atomic mass is 32.2. The Bertz CT molecular complexity index is 1030. The lowest BCUT2D eigenvalue weighted by Crippen LogP contribution is -2.48. The van der Waals surface area contributed by atoms with E-state index >= 15 is 0 Å². The van der Waals surface area contributed by atoms with Crippen LogP contribution in [0.2, 0.25) is 0 Å². The highest BCUT2D eigenvalue weighted by Gasteiger charge is 2.27. The summed E-state index contributed by atoms with van der Waals surface area (Å²) in [4.78, 5) is 36.7. The summed E-state index contributed by atoms with van der Waals surface area (Å²) in [7, 11) is 0. The number of ether oxygens (including phenoxy) is 1. The molecule has 0 spiro atoms. The third-order valence-corrected chi connectivity index (χ3v) is 7.33. The van der Waals surface area contributed by atoms with Gasteiger partial charge in [-0.05, 0) is 44.1 Å². The lowest BCUT2D eigenvalue weighted by atomic mass is 10.0. The summed E-state index contributed by atoms with van der Waals surface area (Å²) in [5.41, 5.74) is -0.654. The molecule has 2 rings (SSSR count). The molecular weight excluding hydrogens is 534 g/mol. The van der Waals surface area contributed by atoms with E-state index < -0.39 is 17.7 Å². The molecule has 0 unspecified atom stereocenters. The van der Waals surface area contributed by atoms with E-state index in [0.717, 1.165) is 27.9 Å². The van der Waals surface area contributed by atoms with Crippen LogP contribution in [-0.4, -0.2) is 61.5 Å². The molecule has 206 valence electrons. The van der Waals surface area contributed by atoms with Crippen molar-refractivity contribution in [2.45, 2.75) is 79.4 Å². The van der Waals surface area contributed by atoms with Gasteiger partial charge >= 0.3 is 6.09 Å². The fourth-order valence-corrected chi connectivity index (χ4v) is 5.56. The van der Waals surface area contributed by atoms with Gasteiger partial charge in [0, 0.05) is 19.3 Å². The van der Waals surface area contributed by atoms with Crippen LogP contribution >= 0.6 is 34.4 Å². The van der Waals surface area contributed by atoms with E-state index in [9.17, 15) is 14.4 Å². The molecule has 1 atom stereocenters. The van der Waals surface area contributed by atoms with Crippen molar-refractivity contribution in [3.63, 3.8) is 0 Å². The molecule has 37 heavy (non-hydrogen) atoms. The van der Waals surface area contributed by atoms with E-state index in [1.165, 1.54) is 22.7 Å². The molecule has 0 aromatic carbocycles. The van der Waals surface area contributed by atoms with Crippen LogP contribution in [0.1, 0.15) is 64.9 Å². The lowest BCUT2D eigenvalue weighted by Gasteiger charge is -2.24. The summed E-state index contributed by atoms with van der Waals surface area (Å²) in [6.45, 7) is 13.0. The van der Waals surface area contributed by atoms with Gasteiger partial charge in [0.05, 0.1) is 0 Å². The molecule has 2 aromatic rings. The maximum atomic E-state index is 12.7. The van der Waals surface area contributed by atoms with Crippen molar-refractivity contribution in [3.8, 4) is 0 Å². The number of aryl methyl sites for hydroxylation is 2. The molecule has 0 aliphatic rings. The van der Waals surface area contributed by atoms with Crippen molar-refractivity contribution in [1.29, 1.82) is 0 Å². The number of carbonyl (C=O) groups excluding carboxylic acids is 3. The summed E-state index contributed by atoms with van der Waals surface area (Å²) in [6.07, 6.45) is 1.30. The van der Waals surface area contributed by atoms with E-state index in [-0.39, 0.29) is 17.7 Å². The quantitative estimate of drug-likeness (QED) is 0.298. The normalized spacial score (nSPS) is 12.5. The highest BCUT2D eigenvalue weighted by Crippen LogP contribution is 2.21. The van der Waals surface area contributed by atoms with Crippen molar-refractivity contribution >= 4 is 62.6 Å². The summed E-state index contributed by atoms with van der Waals surface area (Å²) in [6, 6.07) is -0.762. The van der Waals surface area contributed by atoms with Gasteiger partial charge in [-0.1, -0.05) is 50.4 Å². The second-order valence-corrected chi connectivity index (χ2v) is 13.5. The zero-order valence-electron chi connectivity index (χ0n) is 22.4. The number of hydrogen-bond acceptors (Lipinski definition) is 11. The van der Waals surface area contributed by atoms with Gasteiger partial charge in [-0.3, -0.25) is 14.9 Å². The summed E-state index contributed by atoms with van der Waals surface area (Å²) in [5, 5.41) is 27.2. The third-order valence-electron chi connectivity index (χ3n) is 4.55. The zero-order valence-corrected chi connectivity index (χ0v) is 24.9. The smallest absolute Gasteiger partial charge is 0.408 e. The van der Waals surface area contributed by atoms with Gasteiger partial charge in [0.1, 0.15) is 21.7 Å². The SMILES string of the molecule is CC(C)CC(=O)Nc1nnc(CCSCCc2nnc(NC(=O)[C@@H](NC(=O)OC(C)(C)C)C(C)C)s2)s1. The number of alkyl carbamates (subject to hydrolysis) is 1. The molecule has 0 aliphatic heterocycles. The second-order valence-electron chi connectivity index (χ2n) is 10.1. The van der Waals surface area contributed by atoms with Gasteiger partial charge in [0.15, 0.2) is 0 Å². The Morgan fingerprint density at radius 2 is 1.43 bits per heavy atom. The molecule has 3 N–H and O–H groups in total. The maximum absolute atomic E-state index is 12.7. The van der Waals surface area contributed by atoms with Crippen molar-refractivity contribution in [3.05, 3.63) is 10.0 Å². The van der Waals surface area contributed by atoms with Crippen molar-refractivity contribution < 1.29 is 19.1 Å². The number of anilines is 2. The first kappa shape index (κ1) is 30.9. The molecular formula is C23H37N7O4S3. The topological polar surface area (TPSA) is 148 Å². The fourth-order valence-electron chi connectivity index (χ4n) is 2.93. The average Bonchev–Trinajstić information content (AvgIpc) is 3.38. The molecule has 2 heterocycles. The minimum atomic E-state index is -0.762. The first-order chi connectivity index (χ1) is 17.3. The third kappa shape index (κ3) is 12.2. The van der Waals surface area contributed by atoms with Gasteiger partial charge in [0.25, 0.3) is 0 Å². The van der Waals surface area contributed by atoms with Crippen LogP contribution in [0, 0.1) is 11.8 Å². The van der Waals surface area contributed by atoms with Crippen LogP contribution < -0.4 is 16.0 Å². The van der Waals surface area contributed by atoms with E-state index in [4.69, 9.17) is 4.74 Å². The van der Waals surface area contributed by atoms with Gasteiger partial charge in [-0.15, -0.1) is 20.4 Å². The Hall–Kier alpha value is -2.32. The number of aromatic nitrogens is 4. The van der Waals surface area contributed by atoms with Crippen LogP contribution in [-0.2, 0) is 27.2 Å². The molecule has 0 fully saturated rings. The van der Waals surface area contributed by atoms with Gasteiger partial charge in [-0.2, -0.15) is 11.8 Å². The van der Waals surface area contributed by atoms with Crippen molar-refractivity contribution in [2.24, 2.45) is 11.8 Å². The number of amides is 3. The van der Waals surface area contributed by atoms with E-state index in [1.807, 2.05) is 27.7 Å². The van der Waals surface area contributed by atoms with Gasteiger partial charge < -0.3 is 15.4 Å². The monoisotopic (exact) mass is 571 g/mol. The molecule has 0 radical (unpaired) electrons. The average molecular weight is 572 g/mol. The standard InChI is InChI=1S/C23H37N7O4S3/c1-13(2)12-15(31)24-20-29-27-16(36-20)8-10-35-11-9-17-28-30-21(37-17)26-19(32)18(14(3)4)25-22(33)34-23(5,6)7/h13-14,18H,8-12H2,1-7H3,(H,25,33)(H,24,29,31)(H,26,30,32)/t18-/m0/s1. The predicted octanol–water partition coefficient (Wildman–Crippen LogP) is 4.38. The minimum absolute atomic E-state index is 0.0429. The molecule has 0 saturated carbocycles. The summed E-state index contributed by atoms with van der Waals surface area (Å²) >= 11 is 4.47. The molecule has 11 nitrogen and oxygen atoms in total. The highest BCUT2D eigenvalue weighted by molar-refractivity contribution is 7.99. The second kappa shape index (κ2) is 14.6.